The largest absolute Gasteiger partial charge is 0.325 e. The molecule has 0 amide bonds. The molecule has 11 heavy (non-hydrogen) atoms. The molecule has 0 aliphatic heterocycles. The molecule has 0 spiro atoms. The van der Waals surface area contributed by atoms with Gasteiger partial charge in [-0.15, -0.1) is 0 Å². The summed E-state index contributed by atoms with van der Waals surface area (Å²) < 4.78 is 0. The van der Waals surface area contributed by atoms with Crippen molar-refractivity contribution < 1.29 is 0 Å². The van der Waals surface area contributed by atoms with Gasteiger partial charge >= 0.3 is 0 Å². The van der Waals surface area contributed by atoms with Crippen molar-refractivity contribution in [2.75, 3.05) is 0 Å². The van der Waals surface area contributed by atoms with Gasteiger partial charge in [0, 0.05) is 5.54 Å². The third kappa shape index (κ3) is 1.76. The van der Waals surface area contributed by atoms with Crippen LogP contribution in [0.15, 0.2) is 0 Å². The minimum atomic E-state index is 0. The zero-order valence-corrected chi connectivity index (χ0v) is 7.31. The maximum Gasteiger partial charge on any atom is 0.0157 e. The van der Waals surface area contributed by atoms with Crippen molar-refractivity contribution >= 4 is 0 Å². The Morgan fingerprint density at radius 1 is 1.09 bits per heavy atom. The van der Waals surface area contributed by atoms with E-state index in [1.54, 1.807) is 0 Å². The van der Waals surface area contributed by atoms with Gasteiger partial charge in [0.2, 0.25) is 0 Å². The van der Waals surface area contributed by atoms with Crippen LogP contribution in [-0.2, 0) is 0 Å². The van der Waals surface area contributed by atoms with Gasteiger partial charge in [-0.25, -0.2) is 0 Å². The maximum absolute atomic E-state index is 6.20. The SMILES string of the molecule is NC12CCCC(CCC1)C2.[CH2]. The molecule has 2 N–H and O–H groups in total. The maximum atomic E-state index is 6.20. The van der Waals surface area contributed by atoms with Crippen molar-refractivity contribution in [3.05, 3.63) is 7.43 Å². The average molecular weight is 153 g/mol. The van der Waals surface area contributed by atoms with E-state index in [0.29, 0.717) is 0 Å². The Balaban J connectivity index is 0.000000605. The molecule has 0 heterocycles. The topological polar surface area (TPSA) is 26.0 Å². The molecule has 2 rings (SSSR count). The first-order chi connectivity index (χ1) is 4.79. The van der Waals surface area contributed by atoms with Crippen LogP contribution in [0, 0.1) is 13.3 Å². The Labute approximate surface area is 70.4 Å². The van der Waals surface area contributed by atoms with Crippen molar-refractivity contribution in [3.8, 4) is 0 Å². The van der Waals surface area contributed by atoms with Gasteiger partial charge in [-0.1, -0.05) is 33.1 Å². The first-order valence-corrected chi connectivity index (χ1v) is 4.57. The smallest absolute Gasteiger partial charge is 0.0157 e. The molecule has 2 aliphatic rings. The van der Waals surface area contributed by atoms with E-state index in [2.05, 4.69) is 0 Å². The van der Waals surface area contributed by atoms with Crippen molar-refractivity contribution in [1.29, 1.82) is 0 Å². The summed E-state index contributed by atoms with van der Waals surface area (Å²) in [6, 6.07) is 0. The fraction of sp³-hybridized carbons (Fsp3) is 0.900. The summed E-state index contributed by atoms with van der Waals surface area (Å²) in [5.41, 5.74) is 6.48. The molecular weight excluding hydrogens is 134 g/mol. The van der Waals surface area contributed by atoms with Crippen LogP contribution in [0.1, 0.15) is 44.9 Å². The van der Waals surface area contributed by atoms with E-state index in [-0.39, 0.29) is 13.0 Å². The zero-order chi connectivity index (χ0) is 7.03. The van der Waals surface area contributed by atoms with E-state index < -0.39 is 0 Å². The summed E-state index contributed by atoms with van der Waals surface area (Å²) in [7, 11) is 0. The van der Waals surface area contributed by atoms with Crippen LogP contribution in [0.25, 0.3) is 0 Å². The van der Waals surface area contributed by atoms with Gasteiger partial charge in [-0.2, -0.15) is 0 Å². The van der Waals surface area contributed by atoms with Crippen LogP contribution in [0.5, 0.6) is 0 Å². The molecule has 2 fully saturated rings. The van der Waals surface area contributed by atoms with Gasteiger partial charge < -0.3 is 5.73 Å². The lowest BCUT2D eigenvalue weighted by Gasteiger charge is -2.42. The van der Waals surface area contributed by atoms with E-state index in [0.717, 1.165) is 5.92 Å². The third-order valence-electron chi connectivity index (χ3n) is 3.27. The van der Waals surface area contributed by atoms with Gasteiger partial charge in [0.1, 0.15) is 0 Å². The average Bonchev–Trinajstić information content (AvgIpc) is 1.86. The van der Waals surface area contributed by atoms with Crippen LogP contribution in [0.4, 0.5) is 0 Å². The highest BCUT2D eigenvalue weighted by atomic mass is 14.8. The third-order valence-corrected chi connectivity index (χ3v) is 3.27. The summed E-state index contributed by atoms with van der Waals surface area (Å²) in [6.45, 7) is 0. The molecule has 0 aromatic rings. The fourth-order valence-corrected chi connectivity index (χ4v) is 2.74. The minimum Gasteiger partial charge on any atom is -0.325 e. The van der Waals surface area contributed by atoms with E-state index in [1.807, 2.05) is 0 Å². The van der Waals surface area contributed by atoms with E-state index in [1.165, 1.54) is 44.9 Å². The van der Waals surface area contributed by atoms with Crippen LogP contribution in [0.3, 0.4) is 0 Å². The molecule has 1 heteroatoms. The van der Waals surface area contributed by atoms with Crippen molar-refractivity contribution in [3.63, 3.8) is 0 Å². The predicted molar refractivity (Wildman–Crippen MR) is 48.1 cm³/mol. The molecule has 0 saturated heterocycles. The highest BCUT2D eigenvalue weighted by molar-refractivity contribution is 4.93. The van der Waals surface area contributed by atoms with Crippen molar-refractivity contribution in [2.45, 2.75) is 50.5 Å². The number of hydrogen-bond donors (Lipinski definition) is 1. The van der Waals surface area contributed by atoms with E-state index in [9.17, 15) is 0 Å². The Morgan fingerprint density at radius 3 is 2.00 bits per heavy atom. The number of rotatable bonds is 0. The fourth-order valence-electron chi connectivity index (χ4n) is 2.74. The van der Waals surface area contributed by atoms with Gasteiger partial charge in [0.05, 0.1) is 0 Å². The molecule has 2 bridgehead atoms. The van der Waals surface area contributed by atoms with Gasteiger partial charge in [0.15, 0.2) is 0 Å². The molecule has 2 saturated carbocycles. The molecule has 0 atom stereocenters. The second-order valence-corrected chi connectivity index (χ2v) is 4.22. The molecule has 1 nitrogen and oxygen atoms in total. The number of hydrogen-bond acceptors (Lipinski definition) is 1. The first-order valence-electron chi connectivity index (χ1n) is 4.57. The lowest BCUT2D eigenvalue weighted by molar-refractivity contribution is 0.155. The van der Waals surface area contributed by atoms with Crippen molar-refractivity contribution in [1.82, 2.24) is 0 Å². The van der Waals surface area contributed by atoms with E-state index >= 15 is 0 Å². The van der Waals surface area contributed by atoms with Gasteiger partial charge in [-0.05, 0) is 25.2 Å². The summed E-state index contributed by atoms with van der Waals surface area (Å²) in [5.74, 6) is 0.993. The lowest BCUT2D eigenvalue weighted by Crippen LogP contribution is -2.46. The summed E-state index contributed by atoms with van der Waals surface area (Å²) in [4.78, 5) is 0. The summed E-state index contributed by atoms with van der Waals surface area (Å²) in [6.07, 6.45) is 9.61. The molecular formula is C10H19N. The first kappa shape index (κ1) is 9.05. The molecule has 0 aromatic carbocycles. The summed E-state index contributed by atoms with van der Waals surface area (Å²) >= 11 is 0. The zero-order valence-electron chi connectivity index (χ0n) is 7.31. The van der Waals surface area contributed by atoms with Crippen LogP contribution < -0.4 is 5.73 Å². The molecule has 0 aromatic heterocycles. The number of fused-ring (bicyclic) bond motifs is 2. The molecule has 2 radical (unpaired) electrons. The Kier molecular flexibility index (Phi) is 2.58. The lowest BCUT2D eigenvalue weighted by atomic mass is 9.68. The molecule has 2 aliphatic carbocycles. The van der Waals surface area contributed by atoms with Crippen molar-refractivity contribution in [2.24, 2.45) is 11.7 Å². The normalized spacial score (nSPS) is 42.8. The minimum absolute atomic E-state index is 0. The van der Waals surface area contributed by atoms with Crippen LogP contribution in [-0.4, -0.2) is 5.54 Å². The highest BCUT2D eigenvalue weighted by Crippen LogP contribution is 2.40. The van der Waals surface area contributed by atoms with Gasteiger partial charge in [0.25, 0.3) is 0 Å². The highest BCUT2D eigenvalue weighted by Gasteiger charge is 2.35. The molecule has 64 valence electrons. The van der Waals surface area contributed by atoms with Gasteiger partial charge in [-0.3, -0.25) is 0 Å². The predicted octanol–water partition coefficient (Wildman–Crippen LogP) is 2.39. The Hall–Kier alpha value is -0.0400. The monoisotopic (exact) mass is 153 g/mol. The van der Waals surface area contributed by atoms with E-state index in [4.69, 9.17) is 5.73 Å². The quantitative estimate of drug-likeness (QED) is 0.568. The second-order valence-electron chi connectivity index (χ2n) is 4.22. The van der Waals surface area contributed by atoms with Crippen LogP contribution in [0.2, 0.25) is 0 Å². The Morgan fingerprint density at radius 2 is 1.64 bits per heavy atom. The van der Waals surface area contributed by atoms with Crippen LogP contribution >= 0.6 is 0 Å². The Bertz CT molecular complexity index is 121. The molecule has 0 unspecified atom stereocenters. The second kappa shape index (κ2) is 3.14. The number of nitrogens with two attached hydrogens (primary N) is 1. The standard InChI is InChI=1S/C9H17N.CH2/c10-9-5-1-3-8(7-9)4-2-6-9;/h8H,1-7,10H2;1H2. The summed E-state index contributed by atoms with van der Waals surface area (Å²) in [5, 5.41) is 0.